The van der Waals surface area contributed by atoms with Gasteiger partial charge in [0.05, 0.1) is 11.7 Å². The van der Waals surface area contributed by atoms with E-state index in [1.807, 2.05) is 20.8 Å². The predicted octanol–water partition coefficient (Wildman–Crippen LogP) is 2.35. The number of hydrogen-bond acceptors (Lipinski definition) is 3. The summed E-state index contributed by atoms with van der Waals surface area (Å²) in [6, 6.07) is 0.0212. The normalized spacial score (nSPS) is 12.5. The lowest BCUT2D eigenvalue weighted by Gasteiger charge is -2.14. The Morgan fingerprint density at radius 3 is 2.76 bits per heavy atom. The highest BCUT2D eigenvalue weighted by Crippen LogP contribution is 2.18. The van der Waals surface area contributed by atoms with Crippen molar-refractivity contribution in [3.8, 4) is 0 Å². The number of amides is 1. The SMILES string of the molecule is CCSCCC(=O)N[C@H](C)c1c(C)n[nH]c1C. The first-order valence-electron chi connectivity index (χ1n) is 5.94. The minimum atomic E-state index is 0.0212. The molecule has 0 unspecified atom stereocenters. The second kappa shape index (κ2) is 6.69. The van der Waals surface area contributed by atoms with Gasteiger partial charge in [-0.2, -0.15) is 16.9 Å². The van der Waals surface area contributed by atoms with Crippen LogP contribution in [0.2, 0.25) is 0 Å². The Hall–Kier alpha value is -0.970. The van der Waals surface area contributed by atoms with E-state index in [1.165, 1.54) is 0 Å². The van der Waals surface area contributed by atoms with Crippen molar-refractivity contribution >= 4 is 17.7 Å². The summed E-state index contributed by atoms with van der Waals surface area (Å²) in [5.41, 5.74) is 3.08. The maximum absolute atomic E-state index is 11.7. The topological polar surface area (TPSA) is 57.8 Å². The Morgan fingerprint density at radius 2 is 2.24 bits per heavy atom. The van der Waals surface area contributed by atoms with Crippen molar-refractivity contribution in [2.75, 3.05) is 11.5 Å². The van der Waals surface area contributed by atoms with Crippen molar-refractivity contribution < 1.29 is 4.79 Å². The molecule has 0 spiro atoms. The van der Waals surface area contributed by atoms with E-state index in [-0.39, 0.29) is 11.9 Å². The Labute approximate surface area is 107 Å². The van der Waals surface area contributed by atoms with Gasteiger partial charge in [0.15, 0.2) is 0 Å². The molecule has 0 saturated carbocycles. The molecule has 0 aliphatic heterocycles. The second-order valence-electron chi connectivity index (χ2n) is 4.08. The third-order valence-corrected chi connectivity index (χ3v) is 3.57. The van der Waals surface area contributed by atoms with Gasteiger partial charge < -0.3 is 5.32 Å². The quantitative estimate of drug-likeness (QED) is 0.767. The van der Waals surface area contributed by atoms with Crippen molar-refractivity contribution in [1.29, 1.82) is 0 Å². The number of aryl methyl sites for hydroxylation is 2. The average Bonchev–Trinajstić information content (AvgIpc) is 2.58. The van der Waals surface area contributed by atoms with Gasteiger partial charge in [0.25, 0.3) is 0 Å². The van der Waals surface area contributed by atoms with Crippen LogP contribution in [0.4, 0.5) is 0 Å². The van der Waals surface area contributed by atoms with Crippen LogP contribution in [0.25, 0.3) is 0 Å². The van der Waals surface area contributed by atoms with Crippen LogP contribution in [0, 0.1) is 13.8 Å². The minimum Gasteiger partial charge on any atom is -0.349 e. The van der Waals surface area contributed by atoms with Crippen LogP contribution in [0.5, 0.6) is 0 Å². The maximum atomic E-state index is 11.7. The van der Waals surface area contributed by atoms with Crippen molar-refractivity contribution in [1.82, 2.24) is 15.5 Å². The average molecular weight is 255 g/mol. The zero-order valence-corrected chi connectivity index (χ0v) is 11.8. The van der Waals surface area contributed by atoms with Gasteiger partial charge in [0.2, 0.25) is 5.91 Å². The number of carbonyl (C=O) groups excluding carboxylic acids is 1. The molecule has 0 fully saturated rings. The number of carbonyl (C=O) groups is 1. The molecule has 1 atom stereocenters. The van der Waals surface area contributed by atoms with Crippen molar-refractivity contribution in [3.05, 3.63) is 17.0 Å². The van der Waals surface area contributed by atoms with E-state index in [1.54, 1.807) is 11.8 Å². The van der Waals surface area contributed by atoms with Gasteiger partial charge in [-0.15, -0.1) is 0 Å². The summed E-state index contributed by atoms with van der Waals surface area (Å²) < 4.78 is 0. The Bertz CT molecular complexity index is 356. The lowest BCUT2D eigenvalue weighted by atomic mass is 10.1. The number of thioether (sulfide) groups is 1. The standard InChI is InChI=1S/C12H21N3OS/c1-5-17-7-6-11(16)13-8(2)12-9(3)14-15-10(12)4/h8H,5-7H2,1-4H3,(H,13,16)(H,14,15)/t8-/m1/s1. The molecule has 1 heterocycles. The van der Waals surface area contributed by atoms with E-state index in [0.717, 1.165) is 28.5 Å². The summed E-state index contributed by atoms with van der Waals surface area (Å²) in [6.07, 6.45) is 0.582. The molecule has 5 heteroatoms. The molecule has 2 N–H and O–H groups in total. The number of rotatable bonds is 6. The van der Waals surface area contributed by atoms with Crippen molar-refractivity contribution in [2.45, 2.75) is 40.2 Å². The van der Waals surface area contributed by atoms with E-state index in [0.29, 0.717) is 6.42 Å². The van der Waals surface area contributed by atoms with Gasteiger partial charge in [0, 0.05) is 23.4 Å². The van der Waals surface area contributed by atoms with Gasteiger partial charge in [-0.3, -0.25) is 9.89 Å². The van der Waals surface area contributed by atoms with Crippen molar-refractivity contribution in [2.24, 2.45) is 0 Å². The molecular weight excluding hydrogens is 234 g/mol. The van der Waals surface area contributed by atoms with Crippen LogP contribution in [0.3, 0.4) is 0 Å². The largest absolute Gasteiger partial charge is 0.349 e. The molecule has 0 aromatic carbocycles. The van der Waals surface area contributed by atoms with Crippen LogP contribution in [0.15, 0.2) is 0 Å². The van der Waals surface area contributed by atoms with Crippen molar-refractivity contribution in [3.63, 3.8) is 0 Å². The zero-order chi connectivity index (χ0) is 12.8. The number of nitrogens with one attached hydrogen (secondary N) is 2. The molecular formula is C12H21N3OS. The summed E-state index contributed by atoms with van der Waals surface area (Å²) in [6.45, 7) is 8.03. The maximum Gasteiger partial charge on any atom is 0.221 e. The number of hydrogen-bond donors (Lipinski definition) is 2. The fraction of sp³-hybridized carbons (Fsp3) is 0.667. The molecule has 1 aromatic heterocycles. The van der Waals surface area contributed by atoms with E-state index >= 15 is 0 Å². The van der Waals surface area contributed by atoms with Gasteiger partial charge in [0.1, 0.15) is 0 Å². The number of aromatic amines is 1. The molecule has 0 saturated heterocycles. The monoisotopic (exact) mass is 255 g/mol. The lowest BCUT2D eigenvalue weighted by Crippen LogP contribution is -2.27. The fourth-order valence-corrected chi connectivity index (χ4v) is 2.51. The molecule has 1 rings (SSSR count). The van der Waals surface area contributed by atoms with Crippen LogP contribution in [-0.2, 0) is 4.79 Å². The lowest BCUT2D eigenvalue weighted by molar-refractivity contribution is -0.121. The summed E-state index contributed by atoms with van der Waals surface area (Å²) in [7, 11) is 0. The van der Waals surface area contributed by atoms with Gasteiger partial charge in [-0.05, 0) is 26.5 Å². The van der Waals surface area contributed by atoms with Gasteiger partial charge in [-0.1, -0.05) is 6.92 Å². The van der Waals surface area contributed by atoms with E-state index in [9.17, 15) is 4.79 Å². The second-order valence-corrected chi connectivity index (χ2v) is 5.48. The van der Waals surface area contributed by atoms with Crippen LogP contribution < -0.4 is 5.32 Å². The molecule has 0 aliphatic rings. The third-order valence-electron chi connectivity index (χ3n) is 2.67. The van der Waals surface area contributed by atoms with E-state index < -0.39 is 0 Å². The Morgan fingerprint density at radius 1 is 1.53 bits per heavy atom. The Kier molecular flexibility index (Phi) is 5.55. The minimum absolute atomic E-state index is 0.0212. The first kappa shape index (κ1) is 14.1. The summed E-state index contributed by atoms with van der Waals surface area (Å²) >= 11 is 1.79. The molecule has 1 aromatic rings. The van der Waals surface area contributed by atoms with Crippen LogP contribution in [0.1, 0.15) is 43.3 Å². The number of aromatic nitrogens is 2. The summed E-state index contributed by atoms with van der Waals surface area (Å²) in [4.78, 5) is 11.7. The first-order chi connectivity index (χ1) is 8.06. The smallest absolute Gasteiger partial charge is 0.221 e. The highest BCUT2D eigenvalue weighted by atomic mass is 32.2. The highest BCUT2D eigenvalue weighted by molar-refractivity contribution is 7.99. The molecule has 4 nitrogen and oxygen atoms in total. The van der Waals surface area contributed by atoms with Crippen LogP contribution in [-0.4, -0.2) is 27.6 Å². The highest BCUT2D eigenvalue weighted by Gasteiger charge is 2.15. The predicted molar refractivity (Wildman–Crippen MR) is 72.2 cm³/mol. The van der Waals surface area contributed by atoms with E-state index in [2.05, 4.69) is 22.4 Å². The fourth-order valence-electron chi connectivity index (χ4n) is 1.89. The molecule has 0 radical (unpaired) electrons. The molecule has 17 heavy (non-hydrogen) atoms. The summed E-state index contributed by atoms with van der Waals surface area (Å²) in [5.74, 6) is 2.06. The van der Waals surface area contributed by atoms with E-state index in [4.69, 9.17) is 0 Å². The molecule has 1 amide bonds. The van der Waals surface area contributed by atoms with Crippen LogP contribution >= 0.6 is 11.8 Å². The molecule has 96 valence electrons. The Balaban J connectivity index is 2.49. The summed E-state index contributed by atoms with van der Waals surface area (Å²) in [5, 5.41) is 10.1. The third kappa shape index (κ3) is 4.07. The molecule has 0 bridgehead atoms. The zero-order valence-electron chi connectivity index (χ0n) is 11.0. The number of H-pyrrole nitrogens is 1. The molecule has 0 aliphatic carbocycles. The first-order valence-corrected chi connectivity index (χ1v) is 7.10. The number of nitrogens with zero attached hydrogens (tertiary/aromatic N) is 1. The van der Waals surface area contributed by atoms with Gasteiger partial charge in [-0.25, -0.2) is 0 Å². The van der Waals surface area contributed by atoms with Gasteiger partial charge >= 0.3 is 0 Å².